The highest BCUT2D eigenvalue weighted by Crippen LogP contribution is 2.34. The van der Waals surface area contributed by atoms with Crippen molar-refractivity contribution in [1.82, 2.24) is 20.0 Å². The second-order valence-electron chi connectivity index (χ2n) is 12.0. The Labute approximate surface area is 221 Å². The van der Waals surface area contributed by atoms with E-state index in [-0.39, 0.29) is 29.8 Å². The number of carbonyl (C=O) groups is 3. The Hall–Kier alpha value is -2.45. The molecule has 8 heteroatoms. The van der Waals surface area contributed by atoms with Gasteiger partial charge in [-0.15, -0.1) is 0 Å². The van der Waals surface area contributed by atoms with Gasteiger partial charge in [0.25, 0.3) is 0 Å². The number of nitrogens with one attached hydrogen (secondary N) is 2. The van der Waals surface area contributed by atoms with Crippen molar-refractivity contribution in [3.63, 3.8) is 0 Å². The SMILES string of the molecule is CC(=O)Nc1ccc(CN2CCC3(CC2)CC(=O)N2C[C@@H](N(C)CC4CCCCC4)C[C@H]2C(=O)N3)cc1. The fourth-order valence-corrected chi connectivity index (χ4v) is 6.96. The minimum atomic E-state index is -0.423. The molecular weight excluding hydrogens is 466 g/mol. The molecule has 4 fully saturated rings. The fourth-order valence-electron chi connectivity index (χ4n) is 6.96. The summed E-state index contributed by atoms with van der Waals surface area (Å²) in [6.07, 6.45) is 9.40. The molecule has 0 bridgehead atoms. The zero-order valence-electron chi connectivity index (χ0n) is 22.5. The van der Waals surface area contributed by atoms with Crippen LogP contribution in [-0.4, -0.2) is 83.3 Å². The Kier molecular flexibility index (Phi) is 7.86. The first kappa shape index (κ1) is 26.2. The molecule has 2 N–H and O–H groups in total. The summed E-state index contributed by atoms with van der Waals surface area (Å²) in [5, 5.41) is 6.16. The average molecular weight is 510 g/mol. The molecule has 1 aromatic rings. The summed E-state index contributed by atoms with van der Waals surface area (Å²) < 4.78 is 0. The highest BCUT2D eigenvalue weighted by atomic mass is 16.2. The van der Waals surface area contributed by atoms with Crippen molar-refractivity contribution < 1.29 is 14.4 Å². The summed E-state index contributed by atoms with van der Waals surface area (Å²) >= 11 is 0. The zero-order valence-corrected chi connectivity index (χ0v) is 22.5. The predicted octanol–water partition coefficient (Wildman–Crippen LogP) is 2.98. The van der Waals surface area contributed by atoms with Crippen molar-refractivity contribution in [3.8, 4) is 0 Å². The first-order valence-corrected chi connectivity index (χ1v) is 14.2. The van der Waals surface area contributed by atoms with Crippen LogP contribution in [0.15, 0.2) is 24.3 Å². The number of likely N-dealkylation sites (N-methyl/N-ethyl adjacent to an activating group) is 1. The molecule has 1 aliphatic carbocycles. The molecule has 0 unspecified atom stereocenters. The largest absolute Gasteiger partial charge is 0.348 e. The molecule has 1 saturated carbocycles. The molecule has 37 heavy (non-hydrogen) atoms. The van der Waals surface area contributed by atoms with E-state index in [9.17, 15) is 14.4 Å². The first-order chi connectivity index (χ1) is 17.8. The Morgan fingerprint density at radius 1 is 1.11 bits per heavy atom. The molecule has 3 amide bonds. The second-order valence-corrected chi connectivity index (χ2v) is 12.0. The highest BCUT2D eigenvalue weighted by Gasteiger charge is 2.49. The van der Waals surface area contributed by atoms with Gasteiger partial charge in [-0.3, -0.25) is 19.3 Å². The van der Waals surface area contributed by atoms with Crippen molar-refractivity contribution in [2.75, 3.05) is 38.5 Å². The number of fused-ring (bicyclic) bond motifs is 1. The zero-order chi connectivity index (χ0) is 26.0. The number of benzene rings is 1. The molecule has 202 valence electrons. The summed E-state index contributed by atoms with van der Waals surface area (Å²) in [6, 6.07) is 7.89. The van der Waals surface area contributed by atoms with Crippen LogP contribution >= 0.6 is 0 Å². The summed E-state index contributed by atoms with van der Waals surface area (Å²) in [5.41, 5.74) is 1.57. The molecule has 1 spiro atoms. The van der Waals surface area contributed by atoms with Crippen LogP contribution in [0.1, 0.15) is 70.3 Å². The standard InChI is InChI=1S/C29H43N5O3/c1-21(35)30-24-10-8-23(9-11-24)19-33-14-12-29(13-15-33)17-27(36)34-20-25(16-26(34)28(37)31-29)32(2)18-22-6-4-3-5-7-22/h8-11,22,25-26H,3-7,12-20H2,1-2H3,(H,30,35)(H,31,37)/t25-,26-/m0/s1. The predicted molar refractivity (Wildman–Crippen MR) is 144 cm³/mol. The molecule has 2 atom stereocenters. The van der Waals surface area contributed by atoms with Gasteiger partial charge in [-0.25, -0.2) is 0 Å². The summed E-state index contributed by atoms with van der Waals surface area (Å²) in [5.74, 6) is 0.865. The Balaban J connectivity index is 1.14. The van der Waals surface area contributed by atoms with Crippen LogP contribution in [0.25, 0.3) is 0 Å². The van der Waals surface area contributed by atoms with Crippen LogP contribution in [0.4, 0.5) is 5.69 Å². The lowest BCUT2D eigenvalue weighted by Crippen LogP contribution is -2.56. The molecule has 3 heterocycles. The van der Waals surface area contributed by atoms with Gasteiger partial charge < -0.3 is 20.4 Å². The Bertz CT molecular complexity index is 954. The monoisotopic (exact) mass is 509 g/mol. The molecular formula is C29H43N5O3. The summed E-state index contributed by atoms with van der Waals surface area (Å²) in [7, 11) is 2.18. The highest BCUT2D eigenvalue weighted by molar-refractivity contribution is 5.92. The van der Waals surface area contributed by atoms with Crippen LogP contribution in [0, 0.1) is 5.92 Å². The van der Waals surface area contributed by atoms with Crippen molar-refractivity contribution in [3.05, 3.63) is 29.8 Å². The number of hydrogen-bond donors (Lipinski definition) is 2. The molecule has 4 aliphatic rings. The topological polar surface area (TPSA) is 85.0 Å². The number of hydrogen-bond acceptors (Lipinski definition) is 5. The van der Waals surface area contributed by atoms with Crippen molar-refractivity contribution in [2.45, 2.75) is 88.9 Å². The lowest BCUT2D eigenvalue weighted by atomic mass is 9.83. The number of likely N-dealkylation sites (tertiary alicyclic amines) is 1. The van der Waals surface area contributed by atoms with Crippen LogP contribution in [0.2, 0.25) is 0 Å². The normalized spacial score (nSPS) is 26.7. The van der Waals surface area contributed by atoms with Gasteiger partial charge in [0.2, 0.25) is 17.7 Å². The van der Waals surface area contributed by atoms with Gasteiger partial charge in [-0.05, 0) is 62.8 Å². The molecule has 3 aliphatic heterocycles. The number of carbonyl (C=O) groups excluding carboxylic acids is 3. The lowest BCUT2D eigenvalue weighted by Gasteiger charge is -2.41. The molecule has 0 radical (unpaired) electrons. The van der Waals surface area contributed by atoms with E-state index in [1.807, 2.05) is 29.2 Å². The quantitative estimate of drug-likeness (QED) is 0.616. The number of piperidine rings is 1. The van der Waals surface area contributed by atoms with E-state index in [1.165, 1.54) is 44.6 Å². The fraction of sp³-hybridized carbons (Fsp3) is 0.690. The van der Waals surface area contributed by atoms with Crippen LogP contribution < -0.4 is 10.6 Å². The van der Waals surface area contributed by atoms with E-state index in [0.717, 1.165) is 57.0 Å². The van der Waals surface area contributed by atoms with E-state index < -0.39 is 5.54 Å². The summed E-state index contributed by atoms with van der Waals surface area (Å²) in [6.45, 7) is 5.78. The maximum Gasteiger partial charge on any atom is 0.243 e. The third-order valence-electron chi connectivity index (χ3n) is 9.17. The molecule has 5 rings (SSSR count). The number of amides is 3. The van der Waals surface area contributed by atoms with E-state index in [0.29, 0.717) is 13.0 Å². The number of anilines is 1. The maximum absolute atomic E-state index is 13.4. The second kappa shape index (κ2) is 11.1. The minimum absolute atomic E-state index is 0.0430. The molecule has 0 aromatic heterocycles. The van der Waals surface area contributed by atoms with Crippen LogP contribution in [0.5, 0.6) is 0 Å². The summed E-state index contributed by atoms with van der Waals surface area (Å²) in [4.78, 5) is 44.7. The van der Waals surface area contributed by atoms with E-state index in [4.69, 9.17) is 0 Å². The van der Waals surface area contributed by atoms with E-state index >= 15 is 0 Å². The van der Waals surface area contributed by atoms with E-state index in [2.05, 4.69) is 27.5 Å². The van der Waals surface area contributed by atoms with Crippen LogP contribution in [-0.2, 0) is 20.9 Å². The molecule has 8 nitrogen and oxygen atoms in total. The van der Waals surface area contributed by atoms with Gasteiger partial charge in [0.15, 0.2) is 0 Å². The van der Waals surface area contributed by atoms with Gasteiger partial charge in [0.1, 0.15) is 6.04 Å². The van der Waals surface area contributed by atoms with Gasteiger partial charge in [-0.1, -0.05) is 31.4 Å². The van der Waals surface area contributed by atoms with Gasteiger partial charge in [-0.2, -0.15) is 0 Å². The van der Waals surface area contributed by atoms with Gasteiger partial charge in [0, 0.05) is 51.4 Å². The van der Waals surface area contributed by atoms with Gasteiger partial charge in [0.05, 0.1) is 12.0 Å². The third-order valence-corrected chi connectivity index (χ3v) is 9.17. The number of nitrogens with zero attached hydrogens (tertiary/aromatic N) is 3. The molecule has 1 aromatic carbocycles. The molecule has 3 saturated heterocycles. The van der Waals surface area contributed by atoms with Crippen molar-refractivity contribution in [1.29, 1.82) is 0 Å². The van der Waals surface area contributed by atoms with Crippen LogP contribution in [0.3, 0.4) is 0 Å². The van der Waals surface area contributed by atoms with Crippen molar-refractivity contribution in [2.24, 2.45) is 5.92 Å². The van der Waals surface area contributed by atoms with Gasteiger partial charge >= 0.3 is 0 Å². The van der Waals surface area contributed by atoms with Crippen molar-refractivity contribution >= 4 is 23.4 Å². The Morgan fingerprint density at radius 3 is 2.49 bits per heavy atom. The Morgan fingerprint density at radius 2 is 1.81 bits per heavy atom. The number of rotatable bonds is 6. The minimum Gasteiger partial charge on any atom is -0.348 e. The van der Waals surface area contributed by atoms with E-state index in [1.54, 1.807) is 0 Å². The third kappa shape index (κ3) is 6.17. The lowest BCUT2D eigenvalue weighted by molar-refractivity contribution is -0.135. The first-order valence-electron chi connectivity index (χ1n) is 14.2. The maximum atomic E-state index is 13.4. The smallest absolute Gasteiger partial charge is 0.243 e. The average Bonchev–Trinajstić information content (AvgIpc) is 3.30.